The summed E-state index contributed by atoms with van der Waals surface area (Å²) in [4.78, 5) is 12.1. The van der Waals surface area contributed by atoms with Crippen LogP contribution in [0.15, 0.2) is 29.3 Å². The third-order valence-corrected chi connectivity index (χ3v) is 6.63. The topological polar surface area (TPSA) is 34.1 Å². The average Bonchev–Trinajstić information content (AvgIpc) is 2.72. The molecule has 0 radical (unpaired) electrons. The van der Waals surface area contributed by atoms with Crippen molar-refractivity contribution in [3.05, 3.63) is 35.4 Å². The first kappa shape index (κ1) is 24.4. The van der Waals surface area contributed by atoms with Crippen LogP contribution in [0, 0.1) is 6.92 Å². The zero-order valence-electron chi connectivity index (χ0n) is 18.8. The number of hydrogen-bond acceptors (Lipinski definition) is 3. The molecule has 0 aliphatic carbocycles. The molecule has 29 heavy (non-hydrogen) atoms. The van der Waals surface area contributed by atoms with Crippen LogP contribution < -0.4 is 5.32 Å². The number of aryl methyl sites for hydroxylation is 1. The monoisotopic (exact) mass is 513 g/mol. The Bertz CT molecular complexity index is 631. The molecule has 6 heteroatoms. The van der Waals surface area contributed by atoms with Crippen LogP contribution in [0.2, 0.25) is 0 Å². The number of piperidine rings is 2. The second-order valence-corrected chi connectivity index (χ2v) is 8.82. The Morgan fingerprint density at radius 3 is 2.28 bits per heavy atom. The first-order chi connectivity index (χ1) is 13.5. The number of nitrogens with zero attached hydrogens (tertiary/aromatic N) is 4. The molecule has 1 aromatic carbocycles. The fourth-order valence-electron chi connectivity index (χ4n) is 4.68. The van der Waals surface area contributed by atoms with Gasteiger partial charge < -0.3 is 15.1 Å². The fourth-order valence-corrected chi connectivity index (χ4v) is 4.68. The summed E-state index contributed by atoms with van der Waals surface area (Å²) in [5.41, 5.74) is 2.90. The molecule has 1 N–H and O–H groups in total. The first-order valence-corrected chi connectivity index (χ1v) is 10.9. The van der Waals surface area contributed by atoms with Crippen molar-refractivity contribution < 1.29 is 0 Å². The third kappa shape index (κ3) is 6.56. The maximum atomic E-state index is 4.58. The molecule has 0 saturated carbocycles. The van der Waals surface area contributed by atoms with Crippen LogP contribution in [-0.4, -0.2) is 80.1 Å². The van der Waals surface area contributed by atoms with Gasteiger partial charge in [0.05, 0.1) is 0 Å². The van der Waals surface area contributed by atoms with E-state index in [1.807, 2.05) is 7.05 Å². The zero-order chi connectivity index (χ0) is 20.0. The maximum Gasteiger partial charge on any atom is 0.193 e. The van der Waals surface area contributed by atoms with Crippen LogP contribution in [0.1, 0.15) is 43.2 Å². The third-order valence-electron chi connectivity index (χ3n) is 6.63. The molecule has 2 aliphatic rings. The predicted octanol–water partition coefficient (Wildman–Crippen LogP) is 3.57. The van der Waals surface area contributed by atoms with E-state index in [4.69, 9.17) is 0 Å². The van der Waals surface area contributed by atoms with Crippen LogP contribution >= 0.6 is 24.0 Å². The smallest absolute Gasteiger partial charge is 0.193 e. The van der Waals surface area contributed by atoms with E-state index in [-0.39, 0.29) is 29.5 Å². The van der Waals surface area contributed by atoms with Gasteiger partial charge in [0.1, 0.15) is 0 Å². The van der Waals surface area contributed by atoms with Gasteiger partial charge in [0.15, 0.2) is 5.96 Å². The Balaban J connectivity index is 0.00000300. The number of halogens is 1. The number of likely N-dealkylation sites (tertiary alicyclic amines) is 2. The lowest BCUT2D eigenvalue weighted by Gasteiger charge is -2.50. The molecule has 2 saturated heterocycles. The van der Waals surface area contributed by atoms with Crippen LogP contribution in [0.25, 0.3) is 0 Å². The summed E-state index contributed by atoms with van der Waals surface area (Å²) in [5.74, 6) is 0.996. The summed E-state index contributed by atoms with van der Waals surface area (Å²) in [6, 6.07) is 8.79. The minimum atomic E-state index is 0. The van der Waals surface area contributed by atoms with E-state index < -0.39 is 0 Å². The van der Waals surface area contributed by atoms with E-state index >= 15 is 0 Å². The Kier molecular flexibility index (Phi) is 9.69. The van der Waals surface area contributed by atoms with Gasteiger partial charge in [-0.2, -0.15) is 0 Å². The zero-order valence-corrected chi connectivity index (χ0v) is 21.1. The predicted molar refractivity (Wildman–Crippen MR) is 134 cm³/mol. The van der Waals surface area contributed by atoms with Crippen molar-refractivity contribution in [2.24, 2.45) is 4.99 Å². The van der Waals surface area contributed by atoms with Crippen LogP contribution in [-0.2, 0) is 6.54 Å². The number of benzene rings is 1. The van der Waals surface area contributed by atoms with Crippen molar-refractivity contribution in [1.29, 1.82) is 0 Å². The standard InChI is InChI=1S/C23H39N5.HI/c1-20-8-10-21(11-9-20)18-27(4)22(24-2)25-19-23(12-16-26(3)17-13-23)28-14-6-5-7-15-28;/h8-11H,5-7,12-19H2,1-4H3,(H,24,25);1H. The van der Waals surface area contributed by atoms with E-state index in [9.17, 15) is 0 Å². The van der Waals surface area contributed by atoms with Crippen LogP contribution in [0.4, 0.5) is 0 Å². The van der Waals surface area contributed by atoms with Crippen molar-refractivity contribution in [1.82, 2.24) is 20.0 Å². The largest absolute Gasteiger partial charge is 0.354 e. The van der Waals surface area contributed by atoms with Crippen molar-refractivity contribution in [3.8, 4) is 0 Å². The molecule has 0 bridgehead atoms. The molecule has 0 spiro atoms. The number of rotatable bonds is 5. The highest BCUT2D eigenvalue weighted by atomic mass is 127. The number of nitrogens with one attached hydrogen (secondary N) is 1. The summed E-state index contributed by atoms with van der Waals surface area (Å²) in [6.45, 7) is 8.89. The van der Waals surface area contributed by atoms with Crippen molar-refractivity contribution >= 4 is 29.9 Å². The second kappa shape index (κ2) is 11.5. The molecule has 0 atom stereocenters. The van der Waals surface area contributed by atoms with Gasteiger partial charge in [-0.05, 0) is 71.4 Å². The Morgan fingerprint density at radius 2 is 1.69 bits per heavy atom. The molecular formula is C23H40IN5. The molecule has 0 aromatic heterocycles. The number of aliphatic imine (C=N–C) groups is 1. The van der Waals surface area contributed by atoms with Crippen molar-refractivity contribution in [2.75, 3.05) is 53.9 Å². The van der Waals surface area contributed by atoms with Crippen molar-refractivity contribution in [3.63, 3.8) is 0 Å². The first-order valence-electron chi connectivity index (χ1n) is 10.9. The van der Waals surface area contributed by atoms with Gasteiger partial charge in [-0.15, -0.1) is 24.0 Å². The summed E-state index contributed by atoms with van der Waals surface area (Å²) >= 11 is 0. The molecule has 2 heterocycles. The summed E-state index contributed by atoms with van der Waals surface area (Å²) in [7, 11) is 6.29. The Hall–Kier alpha value is -0.860. The van der Waals surface area contributed by atoms with E-state index in [0.29, 0.717) is 0 Å². The molecule has 3 rings (SSSR count). The lowest BCUT2D eigenvalue weighted by Crippen LogP contribution is -2.62. The van der Waals surface area contributed by atoms with Crippen molar-refractivity contribution in [2.45, 2.75) is 51.1 Å². The molecular weight excluding hydrogens is 473 g/mol. The Morgan fingerprint density at radius 1 is 1.07 bits per heavy atom. The normalized spacial score (nSPS) is 20.8. The van der Waals surface area contributed by atoms with Crippen LogP contribution in [0.3, 0.4) is 0 Å². The fraction of sp³-hybridized carbons (Fsp3) is 0.696. The second-order valence-electron chi connectivity index (χ2n) is 8.82. The van der Waals surface area contributed by atoms with Gasteiger partial charge >= 0.3 is 0 Å². The average molecular weight is 514 g/mol. The lowest BCUT2D eigenvalue weighted by molar-refractivity contribution is 0.0170. The quantitative estimate of drug-likeness (QED) is 0.371. The molecule has 5 nitrogen and oxygen atoms in total. The number of guanidine groups is 1. The van der Waals surface area contributed by atoms with Gasteiger partial charge in [0.2, 0.25) is 0 Å². The van der Waals surface area contributed by atoms with Crippen LogP contribution in [0.5, 0.6) is 0 Å². The highest BCUT2D eigenvalue weighted by molar-refractivity contribution is 14.0. The highest BCUT2D eigenvalue weighted by Crippen LogP contribution is 2.31. The number of hydrogen-bond donors (Lipinski definition) is 1. The van der Waals surface area contributed by atoms with Gasteiger partial charge in [0.25, 0.3) is 0 Å². The SMILES string of the molecule is CN=C(NCC1(N2CCCCC2)CCN(C)CC1)N(C)Cc1ccc(C)cc1.I. The summed E-state index contributed by atoms with van der Waals surface area (Å²) < 4.78 is 0. The minimum Gasteiger partial charge on any atom is -0.354 e. The summed E-state index contributed by atoms with van der Waals surface area (Å²) in [6.07, 6.45) is 6.57. The van der Waals surface area contributed by atoms with Gasteiger partial charge in [-0.25, -0.2) is 0 Å². The summed E-state index contributed by atoms with van der Waals surface area (Å²) in [5, 5.41) is 3.74. The van der Waals surface area contributed by atoms with E-state index in [1.54, 1.807) is 0 Å². The molecule has 2 aliphatic heterocycles. The van der Waals surface area contributed by atoms with Gasteiger partial charge in [0, 0.05) is 32.7 Å². The lowest BCUT2D eigenvalue weighted by atomic mass is 9.84. The van der Waals surface area contributed by atoms with Gasteiger partial charge in [-0.1, -0.05) is 36.2 Å². The Labute approximate surface area is 194 Å². The van der Waals surface area contributed by atoms with E-state index in [0.717, 1.165) is 19.0 Å². The molecule has 164 valence electrons. The minimum absolute atomic E-state index is 0. The molecule has 0 amide bonds. The van der Waals surface area contributed by atoms with E-state index in [1.165, 1.54) is 69.4 Å². The van der Waals surface area contributed by atoms with Gasteiger partial charge in [-0.3, -0.25) is 9.89 Å². The molecule has 2 fully saturated rings. The molecule has 0 unspecified atom stereocenters. The van der Waals surface area contributed by atoms with E-state index in [2.05, 4.69) is 70.3 Å². The maximum absolute atomic E-state index is 4.58. The molecule has 1 aromatic rings. The highest BCUT2D eigenvalue weighted by Gasteiger charge is 2.39.